The summed E-state index contributed by atoms with van der Waals surface area (Å²) in [5, 5.41) is 11.3. The fourth-order valence-electron chi connectivity index (χ4n) is 3.33. The first-order valence-corrected chi connectivity index (χ1v) is 8.90. The first-order chi connectivity index (χ1) is 11.8. The molecule has 6 heteroatoms. The molecule has 0 spiro atoms. The van der Waals surface area contributed by atoms with Crippen molar-refractivity contribution in [3.63, 3.8) is 0 Å². The zero-order chi connectivity index (χ0) is 16.8. The van der Waals surface area contributed by atoms with Gasteiger partial charge in [0, 0.05) is 12.4 Å². The lowest BCUT2D eigenvalue weighted by Crippen LogP contribution is -2.28. The van der Waals surface area contributed by atoms with Crippen LogP contribution in [0.3, 0.4) is 0 Å². The van der Waals surface area contributed by atoms with Crippen molar-refractivity contribution in [1.82, 2.24) is 25.3 Å². The maximum atomic E-state index is 12.5. The second kappa shape index (κ2) is 8.04. The third-order valence-electron chi connectivity index (χ3n) is 4.76. The molecule has 0 bridgehead atoms. The third kappa shape index (κ3) is 3.99. The SMILES string of the molecule is CCC(NC(=O)c1cn(C2CCCCCC2)nn1)c1ccncc1. The van der Waals surface area contributed by atoms with E-state index in [1.54, 1.807) is 18.6 Å². The van der Waals surface area contributed by atoms with Crippen LogP contribution in [0.1, 0.15) is 80.0 Å². The van der Waals surface area contributed by atoms with E-state index in [0.717, 1.165) is 24.8 Å². The van der Waals surface area contributed by atoms with Crippen molar-refractivity contribution in [3.8, 4) is 0 Å². The Bertz CT molecular complexity index is 646. The molecule has 2 aromatic heterocycles. The van der Waals surface area contributed by atoms with Gasteiger partial charge in [-0.05, 0) is 37.0 Å². The van der Waals surface area contributed by atoms with Gasteiger partial charge in [0.05, 0.1) is 18.3 Å². The Hall–Kier alpha value is -2.24. The van der Waals surface area contributed by atoms with Gasteiger partial charge in [0.2, 0.25) is 0 Å². The van der Waals surface area contributed by atoms with Crippen molar-refractivity contribution in [2.75, 3.05) is 0 Å². The predicted octanol–water partition coefficient (Wildman–Crippen LogP) is 3.45. The minimum Gasteiger partial charge on any atom is -0.344 e. The molecule has 1 N–H and O–H groups in total. The summed E-state index contributed by atoms with van der Waals surface area (Å²) in [5.74, 6) is -0.168. The quantitative estimate of drug-likeness (QED) is 0.854. The van der Waals surface area contributed by atoms with Gasteiger partial charge in [-0.2, -0.15) is 0 Å². The van der Waals surface area contributed by atoms with Crippen molar-refractivity contribution < 1.29 is 4.79 Å². The van der Waals surface area contributed by atoms with E-state index in [1.165, 1.54) is 25.7 Å². The fourth-order valence-corrected chi connectivity index (χ4v) is 3.33. The van der Waals surface area contributed by atoms with Crippen LogP contribution in [0, 0.1) is 0 Å². The molecule has 2 heterocycles. The Morgan fingerprint density at radius 3 is 2.62 bits per heavy atom. The lowest BCUT2D eigenvalue weighted by atomic mass is 10.1. The van der Waals surface area contributed by atoms with Crippen LogP contribution in [0.5, 0.6) is 0 Å². The summed E-state index contributed by atoms with van der Waals surface area (Å²) in [6, 6.07) is 4.19. The molecule has 128 valence electrons. The van der Waals surface area contributed by atoms with E-state index < -0.39 is 0 Å². The maximum absolute atomic E-state index is 12.5. The summed E-state index contributed by atoms with van der Waals surface area (Å²) < 4.78 is 1.88. The zero-order valence-corrected chi connectivity index (χ0v) is 14.2. The molecule has 1 fully saturated rings. The Kier molecular flexibility index (Phi) is 5.56. The smallest absolute Gasteiger partial charge is 0.273 e. The highest BCUT2D eigenvalue weighted by atomic mass is 16.2. The number of nitrogens with one attached hydrogen (secondary N) is 1. The molecule has 24 heavy (non-hydrogen) atoms. The number of carbonyl (C=O) groups excluding carboxylic acids is 1. The van der Waals surface area contributed by atoms with Crippen LogP contribution in [0.25, 0.3) is 0 Å². The average molecular weight is 327 g/mol. The topological polar surface area (TPSA) is 72.7 Å². The highest BCUT2D eigenvalue weighted by molar-refractivity contribution is 5.92. The lowest BCUT2D eigenvalue weighted by molar-refractivity contribution is 0.0930. The van der Waals surface area contributed by atoms with Gasteiger partial charge in [-0.15, -0.1) is 5.10 Å². The number of nitrogens with zero attached hydrogens (tertiary/aromatic N) is 4. The second-order valence-corrected chi connectivity index (χ2v) is 6.44. The van der Waals surface area contributed by atoms with Crippen LogP contribution in [-0.2, 0) is 0 Å². The minimum absolute atomic E-state index is 0.0384. The molecule has 0 aromatic carbocycles. The first-order valence-electron chi connectivity index (χ1n) is 8.90. The average Bonchev–Trinajstić information content (AvgIpc) is 2.96. The Morgan fingerprint density at radius 1 is 1.25 bits per heavy atom. The molecule has 3 rings (SSSR count). The van der Waals surface area contributed by atoms with Crippen molar-refractivity contribution >= 4 is 5.91 Å². The van der Waals surface area contributed by atoms with Gasteiger partial charge in [0.15, 0.2) is 5.69 Å². The molecular weight excluding hydrogens is 302 g/mol. The molecule has 6 nitrogen and oxygen atoms in total. The van der Waals surface area contributed by atoms with E-state index in [0.29, 0.717) is 11.7 Å². The van der Waals surface area contributed by atoms with Crippen LogP contribution in [-0.4, -0.2) is 25.9 Å². The first kappa shape index (κ1) is 16.6. The van der Waals surface area contributed by atoms with Crippen LogP contribution in [0.4, 0.5) is 0 Å². The summed E-state index contributed by atoms with van der Waals surface area (Å²) in [4.78, 5) is 16.5. The lowest BCUT2D eigenvalue weighted by Gasteiger charge is -2.16. The molecular formula is C18H25N5O. The van der Waals surface area contributed by atoms with Crippen molar-refractivity contribution in [2.24, 2.45) is 0 Å². The Balaban J connectivity index is 1.66. The third-order valence-corrected chi connectivity index (χ3v) is 4.76. The van der Waals surface area contributed by atoms with E-state index in [9.17, 15) is 4.79 Å². The predicted molar refractivity (Wildman–Crippen MR) is 91.5 cm³/mol. The van der Waals surface area contributed by atoms with E-state index >= 15 is 0 Å². The second-order valence-electron chi connectivity index (χ2n) is 6.44. The van der Waals surface area contributed by atoms with E-state index in [4.69, 9.17) is 0 Å². The largest absolute Gasteiger partial charge is 0.344 e. The van der Waals surface area contributed by atoms with Gasteiger partial charge >= 0.3 is 0 Å². The van der Waals surface area contributed by atoms with Gasteiger partial charge in [-0.1, -0.05) is 37.8 Å². The highest BCUT2D eigenvalue weighted by Crippen LogP contribution is 2.26. The molecule has 0 radical (unpaired) electrons. The Morgan fingerprint density at radius 2 is 1.96 bits per heavy atom. The molecule has 1 atom stereocenters. The molecule has 1 aliphatic carbocycles. The normalized spacial score (nSPS) is 17.2. The zero-order valence-electron chi connectivity index (χ0n) is 14.2. The number of amides is 1. The van der Waals surface area contributed by atoms with Crippen LogP contribution in [0.2, 0.25) is 0 Å². The monoisotopic (exact) mass is 327 g/mol. The standard InChI is InChI=1S/C18H25N5O/c1-2-16(14-9-11-19-12-10-14)20-18(24)17-13-23(22-21-17)15-7-5-3-4-6-8-15/h9-13,15-16H,2-8H2,1H3,(H,20,24). The molecule has 1 amide bonds. The summed E-state index contributed by atoms with van der Waals surface area (Å²) in [5.41, 5.74) is 1.45. The summed E-state index contributed by atoms with van der Waals surface area (Å²) >= 11 is 0. The number of aromatic nitrogens is 4. The summed E-state index contributed by atoms with van der Waals surface area (Å²) in [6.07, 6.45) is 13.4. The van der Waals surface area contributed by atoms with Gasteiger partial charge in [-0.3, -0.25) is 9.78 Å². The van der Waals surface area contributed by atoms with Crippen molar-refractivity contribution in [1.29, 1.82) is 0 Å². The number of hydrogen-bond donors (Lipinski definition) is 1. The van der Waals surface area contributed by atoms with E-state index in [2.05, 4.69) is 20.6 Å². The van der Waals surface area contributed by atoms with Crippen molar-refractivity contribution in [2.45, 2.75) is 64.0 Å². The molecule has 2 aromatic rings. The van der Waals surface area contributed by atoms with E-state index in [1.807, 2.05) is 23.7 Å². The number of rotatable bonds is 5. The van der Waals surface area contributed by atoms with E-state index in [-0.39, 0.29) is 11.9 Å². The van der Waals surface area contributed by atoms with Crippen LogP contribution < -0.4 is 5.32 Å². The number of hydrogen-bond acceptors (Lipinski definition) is 4. The van der Waals surface area contributed by atoms with Gasteiger partial charge in [-0.25, -0.2) is 4.68 Å². The molecule has 0 aliphatic heterocycles. The summed E-state index contributed by atoms with van der Waals surface area (Å²) in [6.45, 7) is 2.05. The van der Waals surface area contributed by atoms with Gasteiger partial charge in [0.25, 0.3) is 5.91 Å². The molecule has 1 saturated carbocycles. The maximum Gasteiger partial charge on any atom is 0.273 e. The van der Waals surface area contributed by atoms with Gasteiger partial charge in [0.1, 0.15) is 0 Å². The Labute approximate surface area is 142 Å². The number of pyridine rings is 1. The number of carbonyl (C=O) groups is 1. The van der Waals surface area contributed by atoms with Crippen LogP contribution in [0.15, 0.2) is 30.7 Å². The molecule has 1 aliphatic rings. The summed E-state index contributed by atoms with van der Waals surface area (Å²) in [7, 11) is 0. The molecule has 0 saturated heterocycles. The highest BCUT2D eigenvalue weighted by Gasteiger charge is 2.20. The van der Waals surface area contributed by atoms with Crippen LogP contribution >= 0.6 is 0 Å². The molecule has 1 unspecified atom stereocenters. The fraction of sp³-hybridized carbons (Fsp3) is 0.556. The van der Waals surface area contributed by atoms with Gasteiger partial charge < -0.3 is 5.32 Å². The van der Waals surface area contributed by atoms with Crippen molar-refractivity contribution in [3.05, 3.63) is 42.0 Å². The minimum atomic E-state index is -0.168.